The molecule has 5 rings (SSSR count). The van der Waals surface area contributed by atoms with Crippen molar-refractivity contribution in [3.8, 4) is 11.3 Å². The molecule has 3 N–H and O–H groups in total. The molecule has 0 spiro atoms. The maximum Gasteiger partial charge on any atom is 0.225 e. The van der Waals surface area contributed by atoms with Crippen molar-refractivity contribution < 1.29 is 4.39 Å². The summed E-state index contributed by atoms with van der Waals surface area (Å²) in [7, 11) is 0. The van der Waals surface area contributed by atoms with Crippen molar-refractivity contribution in [3.63, 3.8) is 0 Å². The van der Waals surface area contributed by atoms with Crippen LogP contribution in [0.2, 0.25) is 5.02 Å². The fraction of sp³-hybridized carbons (Fsp3) is 0.261. The first-order valence-corrected chi connectivity index (χ1v) is 10.8. The summed E-state index contributed by atoms with van der Waals surface area (Å²) in [5.74, 6) is 0.480. The standard InChI is InChI=1S/C23H22ClFN6/c24-17-12-15(10-11-18(17)25)20-19-21(26)31(13-14-6-2-1-3-7-14)30-22(19)29-23(28-20)27-16-8-4-5-9-16/h1-3,6-7,10-12,16H,4-5,8-9,13,26H2,(H,27,29,30). The smallest absolute Gasteiger partial charge is 0.225 e. The van der Waals surface area contributed by atoms with E-state index in [0.717, 1.165) is 18.4 Å². The largest absolute Gasteiger partial charge is 0.383 e. The number of nitrogen functional groups attached to an aromatic ring is 1. The number of nitrogens with one attached hydrogen (secondary N) is 1. The molecular formula is C23H22ClFN6. The van der Waals surface area contributed by atoms with Crippen LogP contribution in [0, 0.1) is 5.82 Å². The highest BCUT2D eigenvalue weighted by Gasteiger charge is 2.21. The summed E-state index contributed by atoms with van der Waals surface area (Å²) in [5.41, 5.74) is 9.33. The van der Waals surface area contributed by atoms with Gasteiger partial charge in [0.25, 0.3) is 0 Å². The average Bonchev–Trinajstić information content (AvgIpc) is 3.38. The van der Waals surface area contributed by atoms with E-state index >= 15 is 0 Å². The molecular weight excluding hydrogens is 415 g/mol. The van der Waals surface area contributed by atoms with E-state index in [9.17, 15) is 4.39 Å². The molecule has 0 atom stereocenters. The van der Waals surface area contributed by atoms with Crippen molar-refractivity contribution in [3.05, 3.63) is 64.9 Å². The Morgan fingerprint density at radius 3 is 2.61 bits per heavy atom. The average molecular weight is 437 g/mol. The van der Waals surface area contributed by atoms with Crippen molar-refractivity contribution in [2.24, 2.45) is 0 Å². The summed E-state index contributed by atoms with van der Waals surface area (Å²) in [6.07, 6.45) is 4.56. The normalized spacial score (nSPS) is 14.4. The molecule has 0 amide bonds. The van der Waals surface area contributed by atoms with Gasteiger partial charge in [-0.05, 0) is 36.6 Å². The van der Waals surface area contributed by atoms with E-state index in [-0.39, 0.29) is 5.02 Å². The maximum atomic E-state index is 13.8. The number of fused-ring (bicyclic) bond motifs is 1. The minimum Gasteiger partial charge on any atom is -0.383 e. The number of nitrogens with two attached hydrogens (primary N) is 1. The number of hydrogen-bond acceptors (Lipinski definition) is 5. The molecule has 0 aliphatic heterocycles. The first-order valence-electron chi connectivity index (χ1n) is 10.4. The van der Waals surface area contributed by atoms with Gasteiger partial charge in [0.1, 0.15) is 11.6 Å². The lowest BCUT2D eigenvalue weighted by Crippen LogP contribution is -2.17. The topological polar surface area (TPSA) is 81.7 Å². The van der Waals surface area contributed by atoms with Crippen molar-refractivity contribution in [1.29, 1.82) is 0 Å². The molecule has 2 heterocycles. The molecule has 2 aromatic carbocycles. The SMILES string of the molecule is Nc1c2c(-c3ccc(F)c(Cl)c3)nc(NC3CCCC3)nc2nn1Cc1ccccc1. The Bertz CT molecular complexity index is 1230. The van der Waals surface area contributed by atoms with Gasteiger partial charge in [-0.25, -0.2) is 14.1 Å². The Hall–Kier alpha value is -3.19. The second-order valence-corrected chi connectivity index (χ2v) is 8.28. The van der Waals surface area contributed by atoms with E-state index in [2.05, 4.69) is 15.4 Å². The fourth-order valence-corrected chi connectivity index (χ4v) is 4.28. The monoisotopic (exact) mass is 436 g/mol. The van der Waals surface area contributed by atoms with E-state index in [4.69, 9.17) is 22.3 Å². The van der Waals surface area contributed by atoms with Crippen LogP contribution in [0.15, 0.2) is 48.5 Å². The van der Waals surface area contributed by atoms with E-state index < -0.39 is 5.82 Å². The van der Waals surface area contributed by atoms with Gasteiger partial charge in [0.2, 0.25) is 5.95 Å². The molecule has 8 heteroatoms. The van der Waals surface area contributed by atoms with Gasteiger partial charge in [-0.15, -0.1) is 5.10 Å². The molecule has 0 radical (unpaired) electrons. The molecule has 1 aliphatic carbocycles. The summed E-state index contributed by atoms with van der Waals surface area (Å²) < 4.78 is 15.5. The predicted octanol–water partition coefficient (Wildman–Crippen LogP) is 5.27. The van der Waals surface area contributed by atoms with Crippen LogP contribution < -0.4 is 11.1 Å². The van der Waals surface area contributed by atoms with Gasteiger partial charge in [0, 0.05) is 11.6 Å². The minimum atomic E-state index is -0.479. The highest BCUT2D eigenvalue weighted by atomic mass is 35.5. The number of halogens is 2. The zero-order valence-electron chi connectivity index (χ0n) is 16.9. The first-order chi connectivity index (χ1) is 15.1. The maximum absolute atomic E-state index is 13.8. The molecule has 4 aromatic rings. The summed E-state index contributed by atoms with van der Waals surface area (Å²) in [6.45, 7) is 0.512. The highest BCUT2D eigenvalue weighted by molar-refractivity contribution is 6.31. The van der Waals surface area contributed by atoms with Crippen LogP contribution in [0.1, 0.15) is 31.2 Å². The Balaban J connectivity index is 1.64. The lowest BCUT2D eigenvalue weighted by atomic mass is 10.1. The molecule has 0 unspecified atom stereocenters. The van der Waals surface area contributed by atoms with Crippen LogP contribution in [0.25, 0.3) is 22.3 Å². The number of nitrogens with zero attached hydrogens (tertiary/aromatic N) is 4. The van der Waals surface area contributed by atoms with Crippen LogP contribution in [0.3, 0.4) is 0 Å². The quantitative estimate of drug-likeness (QED) is 0.445. The summed E-state index contributed by atoms with van der Waals surface area (Å²) in [5, 5.41) is 8.76. The molecule has 6 nitrogen and oxygen atoms in total. The van der Waals surface area contributed by atoms with Crippen LogP contribution in [0.5, 0.6) is 0 Å². The molecule has 0 bridgehead atoms. The number of rotatable bonds is 5. The van der Waals surface area contributed by atoms with Gasteiger partial charge in [0.05, 0.1) is 22.6 Å². The Labute approximate surface area is 184 Å². The van der Waals surface area contributed by atoms with Crippen LogP contribution in [-0.2, 0) is 6.54 Å². The first kappa shape index (κ1) is 19.8. The third-order valence-electron chi connectivity index (χ3n) is 5.70. The number of anilines is 2. The molecule has 1 fully saturated rings. The van der Waals surface area contributed by atoms with Crippen molar-refractivity contribution in [2.45, 2.75) is 38.3 Å². The second kappa shape index (κ2) is 8.15. The van der Waals surface area contributed by atoms with Crippen LogP contribution >= 0.6 is 11.6 Å². The van der Waals surface area contributed by atoms with E-state index in [0.29, 0.717) is 46.6 Å². The van der Waals surface area contributed by atoms with E-state index in [1.54, 1.807) is 16.8 Å². The van der Waals surface area contributed by atoms with Gasteiger partial charge >= 0.3 is 0 Å². The van der Waals surface area contributed by atoms with Gasteiger partial charge in [0.15, 0.2) is 5.65 Å². The zero-order chi connectivity index (χ0) is 21.4. The summed E-state index contributed by atoms with van der Waals surface area (Å²) in [6, 6.07) is 14.8. The van der Waals surface area contributed by atoms with Crippen molar-refractivity contribution in [2.75, 3.05) is 11.1 Å². The Morgan fingerprint density at radius 1 is 1.10 bits per heavy atom. The summed E-state index contributed by atoms with van der Waals surface area (Å²) >= 11 is 6.06. The molecule has 31 heavy (non-hydrogen) atoms. The lowest BCUT2D eigenvalue weighted by molar-refractivity contribution is 0.628. The van der Waals surface area contributed by atoms with Gasteiger partial charge in [-0.1, -0.05) is 54.8 Å². The fourth-order valence-electron chi connectivity index (χ4n) is 4.10. The molecule has 2 aromatic heterocycles. The number of aromatic nitrogens is 4. The van der Waals surface area contributed by atoms with E-state index in [1.165, 1.54) is 18.9 Å². The third kappa shape index (κ3) is 3.93. The zero-order valence-corrected chi connectivity index (χ0v) is 17.6. The Morgan fingerprint density at radius 2 is 1.87 bits per heavy atom. The summed E-state index contributed by atoms with van der Waals surface area (Å²) in [4.78, 5) is 9.40. The van der Waals surface area contributed by atoms with Crippen molar-refractivity contribution >= 4 is 34.4 Å². The second-order valence-electron chi connectivity index (χ2n) is 7.88. The van der Waals surface area contributed by atoms with Crippen LogP contribution in [-0.4, -0.2) is 25.8 Å². The van der Waals surface area contributed by atoms with E-state index in [1.807, 2.05) is 30.3 Å². The molecule has 0 saturated heterocycles. The highest BCUT2D eigenvalue weighted by Crippen LogP contribution is 2.34. The minimum absolute atomic E-state index is 0.0322. The van der Waals surface area contributed by atoms with Crippen LogP contribution in [0.4, 0.5) is 16.2 Å². The lowest BCUT2D eigenvalue weighted by Gasteiger charge is -2.13. The predicted molar refractivity (Wildman–Crippen MR) is 122 cm³/mol. The number of benzene rings is 2. The molecule has 1 aliphatic rings. The Kier molecular flexibility index (Phi) is 5.19. The van der Waals surface area contributed by atoms with Gasteiger partial charge in [-0.3, -0.25) is 0 Å². The molecule has 1 saturated carbocycles. The van der Waals surface area contributed by atoms with Crippen molar-refractivity contribution in [1.82, 2.24) is 19.7 Å². The number of hydrogen-bond donors (Lipinski definition) is 2. The molecule has 158 valence electrons. The van der Waals surface area contributed by atoms with Gasteiger partial charge < -0.3 is 11.1 Å². The third-order valence-corrected chi connectivity index (χ3v) is 5.99. The van der Waals surface area contributed by atoms with Gasteiger partial charge in [-0.2, -0.15) is 4.98 Å².